The summed E-state index contributed by atoms with van der Waals surface area (Å²) in [5.41, 5.74) is 1.07. The Morgan fingerprint density at radius 2 is 1.38 bits per heavy atom. The highest BCUT2D eigenvalue weighted by Crippen LogP contribution is 2.20. The molecule has 7 nitrogen and oxygen atoms in total. The van der Waals surface area contributed by atoms with Gasteiger partial charge in [-0.3, -0.25) is 4.79 Å². The third-order valence-electron chi connectivity index (χ3n) is 4.46. The highest BCUT2D eigenvalue weighted by atomic mass is 16.6. The molecule has 0 radical (unpaired) electrons. The van der Waals surface area contributed by atoms with Crippen molar-refractivity contribution >= 4 is 17.6 Å². The van der Waals surface area contributed by atoms with E-state index in [-0.39, 0.29) is 5.91 Å². The van der Waals surface area contributed by atoms with Crippen LogP contribution in [0.1, 0.15) is 24.2 Å². The molecule has 0 heterocycles. The molecule has 0 saturated heterocycles. The van der Waals surface area contributed by atoms with Gasteiger partial charge < -0.3 is 24.3 Å². The molecule has 1 N–H and O–H groups in total. The Morgan fingerprint density at radius 1 is 0.812 bits per heavy atom. The van der Waals surface area contributed by atoms with Crippen LogP contribution in [0.25, 0.3) is 0 Å². The largest absolute Gasteiger partial charge is 0.497 e. The molecule has 0 aliphatic heterocycles. The van der Waals surface area contributed by atoms with E-state index in [0.717, 1.165) is 5.75 Å². The van der Waals surface area contributed by atoms with Crippen molar-refractivity contribution in [1.82, 2.24) is 0 Å². The lowest BCUT2D eigenvalue weighted by molar-refractivity contribution is -0.141. The van der Waals surface area contributed by atoms with E-state index in [2.05, 4.69) is 5.32 Å². The highest BCUT2D eigenvalue weighted by Gasteiger charge is 2.18. The van der Waals surface area contributed by atoms with E-state index in [4.69, 9.17) is 18.9 Å². The molecule has 0 aliphatic carbocycles. The fraction of sp³-hybridized carbons (Fsp3) is 0.200. The van der Waals surface area contributed by atoms with Crippen molar-refractivity contribution in [3.8, 4) is 23.0 Å². The minimum Gasteiger partial charge on any atom is -0.497 e. The second-order valence-corrected chi connectivity index (χ2v) is 6.79. The minimum atomic E-state index is -0.814. The number of benzene rings is 3. The number of carbonyl (C=O) groups excluding carboxylic acids is 2. The predicted molar refractivity (Wildman–Crippen MR) is 121 cm³/mol. The van der Waals surface area contributed by atoms with E-state index in [1.165, 1.54) is 0 Å². The summed E-state index contributed by atoms with van der Waals surface area (Å²) in [5, 5.41) is 2.80. The number of nitrogens with one attached hydrogen (secondary N) is 1. The fourth-order valence-electron chi connectivity index (χ4n) is 2.78. The zero-order valence-corrected chi connectivity index (χ0v) is 18.2. The Labute approximate surface area is 186 Å². The Bertz CT molecular complexity index is 1030. The summed E-state index contributed by atoms with van der Waals surface area (Å²) < 4.78 is 21.5. The zero-order chi connectivity index (χ0) is 22.9. The molecule has 0 saturated carbocycles. The lowest BCUT2D eigenvalue weighted by atomic mass is 10.2. The lowest BCUT2D eigenvalue weighted by Gasteiger charge is -2.14. The monoisotopic (exact) mass is 435 g/mol. The van der Waals surface area contributed by atoms with E-state index >= 15 is 0 Å². The minimum absolute atomic E-state index is 0.278. The van der Waals surface area contributed by atoms with Gasteiger partial charge in [-0.1, -0.05) is 0 Å². The Hall–Kier alpha value is -4.00. The average molecular weight is 435 g/mol. The molecule has 1 atom stereocenters. The van der Waals surface area contributed by atoms with Gasteiger partial charge >= 0.3 is 5.97 Å². The number of carbonyl (C=O) groups is 2. The molecule has 0 aromatic heterocycles. The number of methoxy groups -OCH3 is 1. The van der Waals surface area contributed by atoms with E-state index in [9.17, 15) is 9.59 Å². The first-order valence-electron chi connectivity index (χ1n) is 10.1. The number of anilines is 1. The van der Waals surface area contributed by atoms with Gasteiger partial charge in [0, 0.05) is 11.3 Å². The van der Waals surface area contributed by atoms with E-state index < -0.39 is 12.1 Å². The van der Waals surface area contributed by atoms with Crippen LogP contribution < -0.4 is 24.3 Å². The van der Waals surface area contributed by atoms with Gasteiger partial charge in [-0.05, 0) is 86.6 Å². The first kappa shape index (κ1) is 22.7. The standard InChI is InChI=1S/C25H25NO6/c1-4-30-21-13-15-22(16-14-21)31-17(2)25(28)32-23-9-5-18(6-10-23)24(27)26-19-7-11-20(29-3)12-8-19/h5-17H,4H2,1-3H3,(H,26,27). The number of hydrogen-bond donors (Lipinski definition) is 1. The SMILES string of the molecule is CCOc1ccc(OC(C)C(=O)Oc2ccc(C(=O)Nc3ccc(OC)cc3)cc2)cc1. The lowest BCUT2D eigenvalue weighted by Crippen LogP contribution is -2.28. The highest BCUT2D eigenvalue weighted by molar-refractivity contribution is 6.04. The predicted octanol–water partition coefficient (Wildman–Crippen LogP) is 4.72. The summed E-state index contributed by atoms with van der Waals surface area (Å²) in [6.45, 7) is 4.09. The number of amides is 1. The van der Waals surface area contributed by atoms with Gasteiger partial charge in [-0.15, -0.1) is 0 Å². The number of rotatable bonds is 9. The molecule has 32 heavy (non-hydrogen) atoms. The molecule has 3 aromatic rings. The fourth-order valence-corrected chi connectivity index (χ4v) is 2.78. The van der Waals surface area contributed by atoms with Crippen molar-refractivity contribution in [3.05, 3.63) is 78.4 Å². The third-order valence-corrected chi connectivity index (χ3v) is 4.46. The molecular weight excluding hydrogens is 410 g/mol. The van der Waals surface area contributed by atoms with Crippen LogP contribution >= 0.6 is 0 Å². The molecule has 3 aromatic carbocycles. The van der Waals surface area contributed by atoms with Crippen molar-refractivity contribution in [2.24, 2.45) is 0 Å². The molecule has 7 heteroatoms. The molecule has 166 valence electrons. The van der Waals surface area contributed by atoms with Crippen LogP contribution in [0.4, 0.5) is 5.69 Å². The Kier molecular flexibility index (Phi) is 7.70. The maximum atomic E-state index is 12.4. The number of esters is 1. The summed E-state index contributed by atoms with van der Waals surface area (Å²) >= 11 is 0. The van der Waals surface area contributed by atoms with Crippen molar-refractivity contribution < 1.29 is 28.5 Å². The summed E-state index contributed by atoms with van der Waals surface area (Å²) in [7, 11) is 1.58. The van der Waals surface area contributed by atoms with Crippen LogP contribution in [-0.4, -0.2) is 31.7 Å². The summed E-state index contributed by atoms with van der Waals surface area (Å²) in [5.74, 6) is 1.46. The topological polar surface area (TPSA) is 83.1 Å². The molecule has 3 rings (SSSR count). The molecule has 0 bridgehead atoms. The maximum absolute atomic E-state index is 12.4. The smallest absolute Gasteiger partial charge is 0.352 e. The zero-order valence-electron chi connectivity index (χ0n) is 18.2. The van der Waals surface area contributed by atoms with Crippen molar-refractivity contribution in [2.75, 3.05) is 19.0 Å². The van der Waals surface area contributed by atoms with Gasteiger partial charge in [0.25, 0.3) is 5.91 Å². The number of ether oxygens (including phenoxy) is 4. The van der Waals surface area contributed by atoms with Crippen LogP contribution in [-0.2, 0) is 4.79 Å². The normalized spacial score (nSPS) is 11.2. The molecule has 1 amide bonds. The van der Waals surface area contributed by atoms with Crippen LogP contribution in [0.15, 0.2) is 72.8 Å². The van der Waals surface area contributed by atoms with E-state index in [1.54, 1.807) is 86.8 Å². The van der Waals surface area contributed by atoms with Gasteiger partial charge in [-0.25, -0.2) is 4.79 Å². The average Bonchev–Trinajstić information content (AvgIpc) is 2.81. The van der Waals surface area contributed by atoms with E-state index in [0.29, 0.717) is 35.1 Å². The van der Waals surface area contributed by atoms with Gasteiger partial charge in [0.1, 0.15) is 23.0 Å². The van der Waals surface area contributed by atoms with Gasteiger partial charge in [0.15, 0.2) is 6.10 Å². The first-order chi connectivity index (χ1) is 15.5. The van der Waals surface area contributed by atoms with Crippen LogP contribution in [0.5, 0.6) is 23.0 Å². The Morgan fingerprint density at radius 3 is 1.97 bits per heavy atom. The maximum Gasteiger partial charge on any atom is 0.352 e. The molecule has 0 spiro atoms. The van der Waals surface area contributed by atoms with Crippen LogP contribution in [0.2, 0.25) is 0 Å². The molecule has 0 aliphatic rings. The van der Waals surface area contributed by atoms with E-state index in [1.807, 2.05) is 6.92 Å². The van der Waals surface area contributed by atoms with Gasteiger partial charge in [0.2, 0.25) is 0 Å². The summed E-state index contributed by atoms with van der Waals surface area (Å²) in [6, 6.07) is 20.3. The van der Waals surface area contributed by atoms with Crippen molar-refractivity contribution in [3.63, 3.8) is 0 Å². The van der Waals surface area contributed by atoms with Crippen molar-refractivity contribution in [2.45, 2.75) is 20.0 Å². The first-order valence-corrected chi connectivity index (χ1v) is 10.1. The summed E-state index contributed by atoms with van der Waals surface area (Å²) in [6.07, 6.45) is -0.814. The molecular formula is C25H25NO6. The van der Waals surface area contributed by atoms with Crippen LogP contribution in [0, 0.1) is 0 Å². The molecule has 0 fully saturated rings. The number of hydrogen-bond acceptors (Lipinski definition) is 6. The van der Waals surface area contributed by atoms with Gasteiger partial charge in [-0.2, -0.15) is 0 Å². The quantitative estimate of drug-likeness (QED) is 0.387. The van der Waals surface area contributed by atoms with Gasteiger partial charge in [0.05, 0.1) is 13.7 Å². The molecule has 1 unspecified atom stereocenters. The second kappa shape index (κ2) is 10.9. The van der Waals surface area contributed by atoms with Crippen LogP contribution in [0.3, 0.4) is 0 Å². The second-order valence-electron chi connectivity index (χ2n) is 6.79. The van der Waals surface area contributed by atoms with Crippen molar-refractivity contribution in [1.29, 1.82) is 0 Å². The summed E-state index contributed by atoms with van der Waals surface area (Å²) in [4.78, 5) is 24.7. The third kappa shape index (κ3) is 6.25. The Balaban J connectivity index is 1.53.